The van der Waals surface area contributed by atoms with E-state index in [2.05, 4.69) is 11.3 Å². The minimum absolute atomic E-state index is 0.390. The van der Waals surface area contributed by atoms with Crippen LogP contribution in [0, 0.1) is 0 Å². The van der Waals surface area contributed by atoms with Crippen LogP contribution in [0.3, 0.4) is 0 Å². The second-order valence-corrected chi connectivity index (χ2v) is 5.04. The van der Waals surface area contributed by atoms with Gasteiger partial charge in [-0.05, 0) is 23.7 Å². The molecule has 0 spiro atoms. The molecule has 0 atom stereocenters. The van der Waals surface area contributed by atoms with E-state index >= 15 is 0 Å². The third kappa shape index (κ3) is 3.39. The predicted octanol–water partition coefficient (Wildman–Crippen LogP) is 2.11. The first-order valence-electron chi connectivity index (χ1n) is 4.84. The van der Waals surface area contributed by atoms with Gasteiger partial charge in [0, 0.05) is 0 Å². The Morgan fingerprint density at radius 2 is 2.27 bits per heavy atom. The highest BCUT2D eigenvalue weighted by Crippen LogP contribution is 2.29. The van der Waals surface area contributed by atoms with Gasteiger partial charge in [-0.25, -0.2) is 0 Å². The molecule has 1 aromatic heterocycles. The molecule has 15 heavy (non-hydrogen) atoms. The molecule has 4 N–H and O–H groups in total. The Morgan fingerprint density at radius 1 is 1.53 bits per heavy atom. The van der Waals surface area contributed by atoms with Crippen LogP contribution in [-0.2, 0) is 0 Å². The Bertz CT molecular complexity index is 338. The summed E-state index contributed by atoms with van der Waals surface area (Å²) in [4.78, 5) is 11.1. The Morgan fingerprint density at radius 3 is 2.87 bits per heavy atom. The van der Waals surface area contributed by atoms with Gasteiger partial charge in [-0.15, -0.1) is 11.8 Å². The van der Waals surface area contributed by atoms with Gasteiger partial charge in [0.15, 0.2) is 0 Å². The molecule has 1 amide bonds. The third-order valence-electron chi connectivity index (χ3n) is 1.92. The Kier molecular flexibility index (Phi) is 4.90. The van der Waals surface area contributed by atoms with Crippen LogP contribution in [0.4, 0.5) is 5.00 Å². The van der Waals surface area contributed by atoms with Crippen LogP contribution in [0.1, 0.15) is 36.5 Å². The lowest BCUT2D eigenvalue weighted by Crippen LogP contribution is -2.12. The lowest BCUT2D eigenvalue weighted by atomic mass is 10.3. The van der Waals surface area contributed by atoms with Crippen molar-refractivity contribution < 1.29 is 4.79 Å². The molecular weight excluding hydrogens is 230 g/mol. The number of hydrogen-bond donors (Lipinski definition) is 2. The maximum atomic E-state index is 11.1. The maximum Gasteiger partial charge on any atom is 0.254 e. The van der Waals surface area contributed by atoms with Crippen molar-refractivity contribution in [3.05, 3.63) is 5.56 Å². The first-order chi connectivity index (χ1) is 7.16. The van der Waals surface area contributed by atoms with Crippen LogP contribution in [0.2, 0.25) is 0 Å². The number of aromatic nitrogens is 1. The lowest BCUT2D eigenvalue weighted by Gasteiger charge is -1.99. The molecule has 0 unspecified atom stereocenters. The quantitative estimate of drug-likeness (QED) is 0.594. The van der Waals surface area contributed by atoms with Crippen molar-refractivity contribution in [2.24, 2.45) is 5.73 Å². The van der Waals surface area contributed by atoms with Gasteiger partial charge in [-0.2, -0.15) is 4.37 Å². The summed E-state index contributed by atoms with van der Waals surface area (Å²) in [6, 6.07) is 0. The average Bonchev–Trinajstić information content (AvgIpc) is 2.54. The summed E-state index contributed by atoms with van der Waals surface area (Å²) in [5, 5.41) is 1.10. The SMILES string of the molecule is CCCCCSc1nsc(N)c1C(N)=O. The minimum Gasteiger partial charge on any atom is -0.389 e. The van der Waals surface area contributed by atoms with Crippen LogP contribution >= 0.6 is 23.3 Å². The van der Waals surface area contributed by atoms with E-state index < -0.39 is 5.91 Å². The number of primary amides is 1. The summed E-state index contributed by atoms with van der Waals surface area (Å²) in [7, 11) is 0. The topological polar surface area (TPSA) is 82.0 Å². The molecule has 1 aromatic rings. The Labute approximate surface area is 97.6 Å². The lowest BCUT2D eigenvalue weighted by molar-refractivity contribution is 0.0998. The van der Waals surface area contributed by atoms with Gasteiger partial charge in [0.1, 0.15) is 15.6 Å². The molecule has 1 rings (SSSR count). The van der Waals surface area contributed by atoms with E-state index in [-0.39, 0.29) is 0 Å². The van der Waals surface area contributed by atoms with Crippen molar-refractivity contribution >= 4 is 34.2 Å². The van der Waals surface area contributed by atoms with Crippen molar-refractivity contribution in [2.75, 3.05) is 11.5 Å². The number of rotatable bonds is 6. The Hall–Kier alpha value is -0.750. The van der Waals surface area contributed by atoms with Crippen molar-refractivity contribution in [1.29, 1.82) is 0 Å². The zero-order valence-corrected chi connectivity index (χ0v) is 10.3. The summed E-state index contributed by atoms with van der Waals surface area (Å²) in [5.41, 5.74) is 11.2. The molecule has 0 saturated carbocycles. The highest BCUT2D eigenvalue weighted by atomic mass is 32.2. The molecule has 0 aliphatic heterocycles. The second-order valence-electron chi connectivity index (χ2n) is 3.15. The summed E-state index contributed by atoms with van der Waals surface area (Å²) in [5.74, 6) is 0.469. The van der Waals surface area contributed by atoms with Crippen LogP contribution in [0.25, 0.3) is 0 Å². The van der Waals surface area contributed by atoms with E-state index in [1.165, 1.54) is 12.8 Å². The molecule has 0 aromatic carbocycles. The highest BCUT2D eigenvalue weighted by molar-refractivity contribution is 7.99. The first kappa shape index (κ1) is 12.3. The fourth-order valence-corrected chi connectivity index (χ4v) is 2.98. The van der Waals surface area contributed by atoms with Crippen LogP contribution < -0.4 is 11.5 Å². The van der Waals surface area contributed by atoms with E-state index in [0.29, 0.717) is 15.6 Å². The van der Waals surface area contributed by atoms with Crippen LogP contribution in [-0.4, -0.2) is 16.0 Å². The zero-order chi connectivity index (χ0) is 11.3. The summed E-state index contributed by atoms with van der Waals surface area (Å²) in [6.07, 6.45) is 3.50. The van der Waals surface area contributed by atoms with Gasteiger partial charge in [0.2, 0.25) is 0 Å². The van der Waals surface area contributed by atoms with Gasteiger partial charge in [-0.1, -0.05) is 19.8 Å². The number of amides is 1. The molecule has 0 bridgehead atoms. The predicted molar refractivity (Wildman–Crippen MR) is 65.3 cm³/mol. The summed E-state index contributed by atoms with van der Waals surface area (Å²) in [6.45, 7) is 2.15. The second kappa shape index (κ2) is 5.97. The normalized spacial score (nSPS) is 10.5. The van der Waals surface area contributed by atoms with Crippen LogP contribution in [0.5, 0.6) is 0 Å². The minimum atomic E-state index is -0.487. The number of nitrogens with two attached hydrogens (primary N) is 2. The van der Waals surface area contributed by atoms with Crippen molar-refractivity contribution in [1.82, 2.24) is 4.37 Å². The molecule has 4 nitrogen and oxygen atoms in total. The molecule has 0 fully saturated rings. The number of carbonyl (C=O) groups is 1. The van der Waals surface area contributed by atoms with E-state index in [0.717, 1.165) is 23.7 Å². The van der Waals surface area contributed by atoms with E-state index in [9.17, 15) is 4.79 Å². The fourth-order valence-electron chi connectivity index (χ4n) is 1.13. The highest BCUT2D eigenvalue weighted by Gasteiger charge is 2.16. The molecule has 1 heterocycles. The van der Waals surface area contributed by atoms with Crippen molar-refractivity contribution in [2.45, 2.75) is 31.2 Å². The third-order valence-corrected chi connectivity index (χ3v) is 3.77. The number of carbonyl (C=O) groups excluding carboxylic acids is 1. The van der Waals surface area contributed by atoms with Gasteiger partial charge >= 0.3 is 0 Å². The van der Waals surface area contributed by atoms with Crippen molar-refractivity contribution in [3.63, 3.8) is 0 Å². The molecule has 0 radical (unpaired) electrons. The van der Waals surface area contributed by atoms with Gasteiger partial charge in [-0.3, -0.25) is 4.79 Å². The first-order valence-corrected chi connectivity index (χ1v) is 6.60. The van der Waals surface area contributed by atoms with Crippen molar-refractivity contribution in [3.8, 4) is 0 Å². The molecule has 0 aliphatic rings. The molecular formula is C9H15N3OS2. The van der Waals surface area contributed by atoms with Gasteiger partial charge in [0.25, 0.3) is 5.91 Å². The number of hydrogen-bond acceptors (Lipinski definition) is 5. The standard InChI is InChI=1S/C9H15N3OS2/c1-2-3-4-5-14-9-6(7(10)13)8(11)15-12-9/h2-5,11H2,1H3,(H2,10,13). The largest absolute Gasteiger partial charge is 0.389 e. The zero-order valence-electron chi connectivity index (χ0n) is 8.66. The van der Waals surface area contributed by atoms with E-state index in [1.54, 1.807) is 11.8 Å². The molecule has 0 saturated heterocycles. The number of thioether (sulfide) groups is 1. The van der Waals surface area contributed by atoms with Crippen LogP contribution in [0.15, 0.2) is 5.03 Å². The monoisotopic (exact) mass is 245 g/mol. The number of nitrogen functional groups attached to an aromatic ring is 1. The summed E-state index contributed by atoms with van der Waals surface area (Å²) >= 11 is 2.68. The molecule has 6 heteroatoms. The Balaban J connectivity index is 2.57. The average molecular weight is 245 g/mol. The summed E-state index contributed by atoms with van der Waals surface area (Å²) < 4.78 is 4.11. The van der Waals surface area contributed by atoms with Gasteiger partial charge in [0.05, 0.1) is 0 Å². The molecule has 0 aliphatic carbocycles. The van der Waals surface area contributed by atoms with E-state index in [4.69, 9.17) is 11.5 Å². The number of anilines is 1. The molecule has 84 valence electrons. The number of nitrogens with zero attached hydrogens (tertiary/aromatic N) is 1. The number of unbranched alkanes of at least 4 members (excludes halogenated alkanes) is 2. The van der Waals surface area contributed by atoms with E-state index in [1.807, 2.05) is 0 Å². The smallest absolute Gasteiger partial charge is 0.254 e. The fraction of sp³-hybridized carbons (Fsp3) is 0.556. The van der Waals surface area contributed by atoms with Gasteiger partial charge < -0.3 is 11.5 Å². The maximum absolute atomic E-state index is 11.1.